The molecule has 2 rings (SSSR count). The van der Waals surface area contributed by atoms with Crippen molar-refractivity contribution in [2.75, 3.05) is 36.0 Å². The van der Waals surface area contributed by atoms with Gasteiger partial charge in [-0.05, 0) is 12.5 Å². The predicted molar refractivity (Wildman–Crippen MR) is 85.5 cm³/mol. The molecule has 0 aliphatic carbocycles. The van der Waals surface area contributed by atoms with E-state index in [1.54, 1.807) is 0 Å². The second-order valence-corrected chi connectivity index (χ2v) is 7.33. The first-order valence-corrected chi connectivity index (χ1v) is 8.52. The highest BCUT2D eigenvalue weighted by Crippen LogP contribution is 2.34. The van der Waals surface area contributed by atoms with Gasteiger partial charge in [0.1, 0.15) is 4.88 Å². The van der Waals surface area contributed by atoms with Crippen LogP contribution in [0.3, 0.4) is 0 Å². The number of hydrogen-bond acceptors (Lipinski definition) is 5. The molecule has 1 aromatic heterocycles. The number of amides is 1. The maximum Gasteiger partial charge on any atom is 0.263 e. The number of nitrogen functional groups attached to an aromatic ring is 1. The number of hydrogen-bond donors (Lipinski definition) is 2. The van der Waals surface area contributed by atoms with E-state index in [-0.39, 0.29) is 5.91 Å². The van der Waals surface area contributed by atoms with Gasteiger partial charge >= 0.3 is 0 Å². The van der Waals surface area contributed by atoms with Gasteiger partial charge in [0.05, 0.1) is 10.7 Å². The van der Waals surface area contributed by atoms with Crippen LogP contribution in [0.4, 0.5) is 10.7 Å². The second-order valence-electron chi connectivity index (χ2n) is 4.75. The average molecular weight is 299 g/mol. The summed E-state index contributed by atoms with van der Waals surface area (Å²) < 4.78 is 0. The van der Waals surface area contributed by atoms with Crippen LogP contribution in [0.5, 0.6) is 0 Å². The van der Waals surface area contributed by atoms with E-state index < -0.39 is 0 Å². The molecule has 2 heterocycles. The Bertz CT molecular complexity index is 447. The van der Waals surface area contributed by atoms with Gasteiger partial charge in [0.15, 0.2) is 0 Å². The first-order chi connectivity index (χ1) is 9.11. The Labute approximate surface area is 122 Å². The molecule has 1 amide bonds. The minimum atomic E-state index is -0.0463. The van der Waals surface area contributed by atoms with Crippen LogP contribution in [-0.4, -0.2) is 36.5 Å². The molecule has 1 aromatic rings. The van der Waals surface area contributed by atoms with Crippen molar-refractivity contribution in [3.05, 3.63) is 10.9 Å². The van der Waals surface area contributed by atoms with Gasteiger partial charge in [-0.3, -0.25) is 4.79 Å². The summed E-state index contributed by atoms with van der Waals surface area (Å²) in [6.07, 6.45) is 0.935. The van der Waals surface area contributed by atoms with E-state index in [1.165, 1.54) is 11.3 Å². The minimum Gasteiger partial charge on any atom is -0.397 e. The standard InChI is InChI=1S/C13H21N3OS2/c1-3-4-15-13(17)12-10(14)7-11(19-12)16-5-6-18-9(2)8-16/h7,9H,3-6,8,14H2,1-2H3,(H,15,17). The van der Waals surface area contributed by atoms with Crippen molar-refractivity contribution >= 4 is 39.7 Å². The Morgan fingerprint density at radius 3 is 3.11 bits per heavy atom. The number of thioether (sulfide) groups is 1. The van der Waals surface area contributed by atoms with Gasteiger partial charge in [-0.25, -0.2) is 0 Å². The number of carbonyl (C=O) groups excluding carboxylic acids is 1. The van der Waals surface area contributed by atoms with Gasteiger partial charge in [-0.1, -0.05) is 13.8 Å². The molecule has 0 aromatic carbocycles. The van der Waals surface area contributed by atoms with E-state index >= 15 is 0 Å². The number of rotatable bonds is 4. The molecule has 1 unspecified atom stereocenters. The molecule has 106 valence electrons. The number of nitrogens with one attached hydrogen (secondary N) is 1. The Morgan fingerprint density at radius 2 is 2.42 bits per heavy atom. The summed E-state index contributed by atoms with van der Waals surface area (Å²) >= 11 is 3.50. The van der Waals surface area contributed by atoms with Crippen molar-refractivity contribution in [1.29, 1.82) is 0 Å². The van der Waals surface area contributed by atoms with Crippen LogP contribution in [-0.2, 0) is 0 Å². The SMILES string of the molecule is CCCNC(=O)c1sc(N2CCSC(C)C2)cc1N. The zero-order valence-corrected chi connectivity index (χ0v) is 13.1. The Morgan fingerprint density at radius 1 is 1.63 bits per heavy atom. The average Bonchev–Trinajstić information content (AvgIpc) is 2.78. The molecular formula is C13H21N3OS2. The molecule has 1 aliphatic rings. The highest BCUT2D eigenvalue weighted by atomic mass is 32.2. The maximum absolute atomic E-state index is 12.0. The minimum absolute atomic E-state index is 0.0463. The lowest BCUT2D eigenvalue weighted by atomic mass is 10.3. The van der Waals surface area contributed by atoms with Crippen molar-refractivity contribution in [2.45, 2.75) is 25.5 Å². The third-order valence-corrected chi connectivity index (χ3v) is 5.39. The molecule has 1 fully saturated rings. The molecule has 19 heavy (non-hydrogen) atoms. The van der Waals surface area contributed by atoms with Gasteiger partial charge in [-0.2, -0.15) is 11.8 Å². The van der Waals surface area contributed by atoms with Gasteiger partial charge in [0.25, 0.3) is 5.91 Å². The summed E-state index contributed by atoms with van der Waals surface area (Å²) in [6.45, 7) is 7.04. The number of nitrogens with zero attached hydrogens (tertiary/aromatic N) is 1. The van der Waals surface area contributed by atoms with Gasteiger partial charge in [-0.15, -0.1) is 11.3 Å². The number of anilines is 2. The first kappa shape index (κ1) is 14.5. The van der Waals surface area contributed by atoms with Crippen LogP contribution in [0.1, 0.15) is 29.9 Å². The molecule has 3 N–H and O–H groups in total. The fraction of sp³-hybridized carbons (Fsp3) is 0.615. The Balaban J connectivity index is 2.09. The van der Waals surface area contributed by atoms with Crippen LogP contribution < -0.4 is 16.0 Å². The van der Waals surface area contributed by atoms with Crippen molar-refractivity contribution in [1.82, 2.24) is 5.32 Å². The van der Waals surface area contributed by atoms with Crippen molar-refractivity contribution in [2.24, 2.45) is 0 Å². The number of nitrogens with two attached hydrogens (primary N) is 1. The molecule has 4 nitrogen and oxygen atoms in total. The lowest BCUT2D eigenvalue weighted by molar-refractivity contribution is 0.0958. The highest BCUT2D eigenvalue weighted by molar-refractivity contribution is 8.00. The largest absolute Gasteiger partial charge is 0.397 e. The highest BCUT2D eigenvalue weighted by Gasteiger charge is 2.21. The Hall–Kier alpha value is -0.880. The number of carbonyl (C=O) groups is 1. The zero-order valence-electron chi connectivity index (χ0n) is 11.4. The third kappa shape index (κ3) is 3.57. The number of thiophene rings is 1. The summed E-state index contributed by atoms with van der Waals surface area (Å²) in [6, 6.07) is 1.94. The van der Waals surface area contributed by atoms with Gasteiger partial charge < -0.3 is 16.0 Å². The molecule has 0 spiro atoms. The van der Waals surface area contributed by atoms with E-state index in [2.05, 4.69) is 17.1 Å². The molecule has 0 saturated carbocycles. The van der Waals surface area contributed by atoms with Crippen LogP contribution in [0.15, 0.2) is 6.07 Å². The smallest absolute Gasteiger partial charge is 0.263 e. The summed E-state index contributed by atoms with van der Waals surface area (Å²) in [7, 11) is 0. The van der Waals surface area contributed by atoms with Gasteiger partial charge in [0, 0.05) is 30.6 Å². The lowest BCUT2D eigenvalue weighted by Crippen LogP contribution is -2.36. The monoisotopic (exact) mass is 299 g/mol. The molecule has 0 radical (unpaired) electrons. The first-order valence-electron chi connectivity index (χ1n) is 6.66. The summed E-state index contributed by atoms with van der Waals surface area (Å²) in [5, 5.41) is 4.63. The van der Waals surface area contributed by atoms with Crippen LogP contribution >= 0.6 is 23.1 Å². The van der Waals surface area contributed by atoms with E-state index in [0.717, 1.165) is 30.3 Å². The van der Waals surface area contributed by atoms with E-state index in [4.69, 9.17) is 5.73 Å². The van der Waals surface area contributed by atoms with Gasteiger partial charge in [0.2, 0.25) is 0 Å². The molecular weight excluding hydrogens is 278 g/mol. The van der Waals surface area contributed by atoms with Crippen LogP contribution in [0.2, 0.25) is 0 Å². The fourth-order valence-corrected chi connectivity index (χ4v) is 4.11. The molecule has 1 aliphatic heterocycles. The summed E-state index contributed by atoms with van der Waals surface area (Å²) in [4.78, 5) is 15.0. The van der Waals surface area contributed by atoms with Crippen molar-refractivity contribution in [3.8, 4) is 0 Å². The quantitative estimate of drug-likeness (QED) is 0.896. The lowest BCUT2D eigenvalue weighted by Gasteiger charge is -2.31. The normalized spacial score (nSPS) is 19.5. The topological polar surface area (TPSA) is 58.4 Å². The molecule has 0 bridgehead atoms. The van der Waals surface area contributed by atoms with Crippen molar-refractivity contribution < 1.29 is 4.79 Å². The van der Waals surface area contributed by atoms with E-state index in [0.29, 0.717) is 22.4 Å². The molecule has 6 heteroatoms. The van der Waals surface area contributed by atoms with Crippen LogP contribution in [0.25, 0.3) is 0 Å². The second kappa shape index (κ2) is 6.52. The Kier molecular flexibility index (Phi) is 4.99. The summed E-state index contributed by atoms with van der Waals surface area (Å²) in [5.74, 6) is 1.09. The molecule has 1 atom stereocenters. The van der Waals surface area contributed by atoms with Crippen molar-refractivity contribution in [3.63, 3.8) is 0 Å². The molecule has 1 saturated heterocycles. The summed E-state index contributed by atoms with van der Waals surface area (Å²) in [5.41, 5.74) is 6.57. The third-order valence-electron chi connectivity index (χ3n) is 3.04. The van der Waals surface area contributed by atoms with E-state index in [9.17, 15) is 4.79 Å². The fourth-order valence-electron chi connectivity index (χ4n) is 2.06. The van der Waals surface area contributed by atoms with E-state index in [1.807, 2.05) is 24.8 Å². The maximum atomic E-state index is 12.0. The zero-order chi connectivity index (χ0) is 13.8. The predicted octanol–water partition coefficient (Wildman–Crippen LogP) is 2.41. The van der Waals surface area contributed by atoms with Crippen LogP contribution in [0, 0.1) is 0 Å².